The molecule has 5 heteroatoms. The van der Waals surface area contributed by atoms with Gasteiger partial charge >= 0.3 is 0 Å². The molecule has 4 rings (SSSR count). The van der Waals surface area contributed by atoms with E-state index in [4.69, 9.17) is 0 Å². The second kappa shape index (κ2) is 5.52. The molecule has 0 saturated carbocycles. The summed E-state index contributed by atoms with van der Waals surface area (Å²) in [6, 6.07) is 0.804. The minimum absolute atomic E-state index is 0.224. The summed E-state index contributed by atoms with van der Waals surface area (Å²) in [5.74, 6) is 1.38. The number of hydrogen-bond acceptors (Lipinski definition) is 4. The van der Waals surface area contributed by atoms with Gasteiger partial charge in [-0.3, -0.25) is 4.79 Å². The lowest BCUT2D eigenvalue weighted by Gasteiger charge is -2.35. The van der Waals surface area contributed by atoms with Crippen LogP contribution in [-0.2, 0) is 17.6 Å². The molecule has 118 valence electrons. The van der Waals surface area contributed by atoms with Crippen molar-refractivity contribution in [2.75, 3.05) is 18.0 Å². The molecule has 22 heavy (non-hydrogen) atoms. The monoisotopic (exact) mass is 300 g/mol. The van der Waals surface area contributed by atoms with Gasteiger partial charge in [0.25, 0.3) is 0 Å². The number of fused-ring (bicyclic) bond motifs is 1. The molecule has 1 aromatic heterocycles. The Bertz CT molecular complexity index is 588. The van der Waals surface area contributed by atoms with Crippen molar-refractivity contribution in [1.82, 2.24) is 14.9 Å². The van der Waals surface area contributed by atoms with E-state index in [1.54, 1.807) is 13.3 Å². The van der Waals surface area contributed by atoms with Crippen LogP contribution < -0.4 is 4.90 Å². The maximum absolute atomic E-state index is 11.9. The number of aryl methyl sites for hydroxylation is 1. The van der Waals surface area contributed by atoms with Gasteiger partial charge in [-0.2, -0.15) is 0 Å². The lowest BCUT2D eigenvalue weighted by atomic mass is 10.0. The number of aromatic nitrogens is 2. The summed E-state index contributed by atoms with van der Waals surface area (Å²) in [5, 5.41) is 0. The van der Waals surface area contributed by atoms with Gasteiger partial charge in [0.15, 0.2) is 0 Å². The first-order valence-corrected chi connectivity index (χ1v) is 8.62. The number of rotatable bonds is 2. The Labute approximate surface area is 131 Å². The minimum Gasteiger partial charge on any atom is -0.351 e. The van der Waals surface area contributed by atoms with E-state index in [-0.39, 0.29) is 5.91 Å². The van der Waals surface area contributed by atoms with Crippen molar-refractivity contribution < 1.29 is 4.79 Å². The van der Waals surface area contributed by atoms with Gasteiger partial charge in [0.05, 0.1) is 12.1 Å². The molecule has 0 unspecified atom stereocenters. The van der Waals surface area contributed by atoms with Crippen molar-refractivity contribution >= 4 is 11.7 Å². The lowest BCUT2D eigenvalue weighted by Crippen LogP contribution is -2.48. The smallest absolute Gasteiger partial charge is 0.219 e. The van der Waals surface area contributed by atoms with Crippen LogP contribution in [0.5, 0.6) is 0 Å². The fraction of sp³-hybridized carbons (Fsp3) is 0.706. The Kier molecular flexibility index (Phi) is 3.51. The summed E-state index contributed by atoms with van der Waals surface area (Å²) >= 11 is 0. The normalized spacial score (nSPS) is 27.5. The number of carbonyl (C=O) groups excluding carboxylic acids is 1. The fourth-order valence-corrected chi connectivity index (χ4v) is 4.63. The highest BCUT2D eigenvalue weighted by Gasteiger charge is 2.40. The maximum atomic E-state index is 11.9. The second-order valence-electron chi connectivity index (χ2n) is 6.80. The Morgan fingerprint density at radius 3 is 2.77 bits per heavy atom. The molecule has 1 aliphatic carbocycles. The van der Waals surface area contributed by atoms with Crippen molar-refractivity contribution in [3.63, 3.8) is 0 Å². The van der Waals surface area contributed by atoms with Crippen LogP contribution in [0.25, 0.3) is 0 Å². The molecule has 2 atom stereocenters. The van der Waals surface area contributed by atoms with Crippen molar-refractivity contribution in [2.24, 2.45) is 0 Å². The van der Waals surface area contributed by atoms with E-state index in [9.17, 15) is 4.79 Å². The van der Waals surface area contributed by atoms with Crippen molar-refractivity contribution in [2.45, 2.75) is 64.0 Å². The molecule has 1 aromatic rings. The van der Waals surface area contributed by atoms with Crippen molar-refractivity contribution in [3.8, 4) is 0 Å². The van der Waals surface area contributed by atoms with Crippen molar-refractivity contribution in [1.29, 1.82) is 0 Å². The van der Waals surface area contributed by atoms with Crippen LogP contribution in [-0.4, -0.2) is 45.9 Å². The highest BCUT2D eigenvalue weighted by Crippen LogP contribution is 2.36. The van der Waals surface area contributed by atoms with Gasteiger partial charge in [-0.15, -0.1) is 0 Å². The van der Waals surface area contributed by atoms with Gasteiger partial charge in [-0.05, 0) is 44.9 Å². The van der Waals surface area contributed by atoms with Gasteiger partial charge in [-0.1, -0.05) is 0 Å². The first kappa shape index (κ1) is 14.0. The molecule has 1 amide bonds. The minimum atomic E-state index is 0.224. The fourth-order valence-electron chi connectivity index (χ4n) is 4.63. The quantitative estimate of drug-likeness (QED) is 0.837. The van der Waals surface area contributed by atoms with Crippen LogP contribution in [0.3, 0.4) is 0 Å². The number of carbonyl (C=O) groups is 1. The molecule has 0 bridgehead atoms. The summed E-state index contributed by atoms with van der Waals surface area (Å²) in [4.78, 5) is 25.6. The zero-order chi connectivity index (χ0) is 15.1. The molecule has 2 aliphatic heterocycles. The molecule has 0 N–H and O–H groups in total. The number of likely N-dealkylation sites (tertiary alicyclic amines) is 1. The van der Waals surface area contributed by atoms with Gasteiger partial charge in [0, 0.05) is 31.3 Å². The van der Waals surface area contributed by atoms with E-state index in [2.05, 4.69) is 19.8 Å². The average molecular weight is 300 g/mol. The Balaban J connectivity index is 1.65. The molecule has 3 heterocycles. The third kappa shape index (κ3) is 2.18. The molecule has 2 saturated heterocycles. The summed E-state index contributed by atoms with van der Waals surface area (Å²) < 4.78 is 0. The first-order chi connectivity index (χ1) is 10.8. The Hall–Kier alpha value is -1.65. The van der Waals surface area contributed by atoms with E-state index in [1.165, 1.54) is 30.5 Å². The molecular formula is C17H24N4O. The van der Waals surface area contributed by atoms with Gasteiger partial charge in [-0.25, -0.2) is 9.97 Å². The van der Waals surface area contributed by atoms with E-state index < -0.39 is 0 Å². The van der Waals surface area contributed by atoms with Gasteiger partial charge in [0.1, 0.15) is 12.1 Å². The zero-order valence-electron chi connectivity index (χ0n) is 13.3. The maximum Gasteiger partial charge on any atom is 0.219 e. The molecule has 2 fully saturated rings. The third-order valence-electron chi connectivity index (χ3n) is 5.57. The van der Waals surface area contributed by atoms with Crippen LogP contribution in [0.2, 0.25) is 0 Å². The topological polar surface area (TPSA) is 49.3 Å². The van der Waals surface area contributed by atoms with E-state index in [0.717, 1.165) is 44.6 Å². The summed E-state index contributed by atoms with van der Waals surface area (Å²) in [7, 11) is 0. The molecule has 0 radical (unpaired) electrons. The van der Waals surface area contributed by atoms with E-state index >= 15 is 0 Å². The van der Waals surface area contributed by atoms with Crippen LogP contribution in [0.15, 0.2) is 6.33 Å². The van der Waals surface area contributed by atoms with Gasteiger partial charge < -0.3 is 9.80 Å². The largest absolute Gasteiger partial charge is 0.351 e. The Morgan fingerprint density at radius 2 is 1.91 bits per heavy atom. The van der Waals surface area contributed by atoms with E-state index in [1.807, 2.05) is 0 Å². The highest BCUT2D eigenvalue weighted by molar-refractivity contribution is 5.74. The second-order valence-corrected chi connectivity index (χ2v) is 6.80. The van der Waals surface area contributed by atoms with Gasteiger partial charge in [0.2, 0.25) is 5.91 Å². The predicted molar refractivity (Wildman–Crippen MR) is 84.8 cm³/mol. The average Bonchev–Trinajstić information content (AvgIpc) is 3.25. The number of hydrogen-bond donors (Lipinski definition) is 0. The molecule has 5 nitrogen and oxygen atoms in total. The van der Waals surface area contributed by atoms with Crippen LogP contribution in [0.4, 0.5) is 5.82 Å². The van der Waals surface area contributed by atoms with E-state index in [0.29, 0.717) is 12.1 Å². The third-order valence-corrected chi connectivity index (χ3v) is 5.57. The number of amides is 1. The highest BCUT2D eigenvalue weighted by atomic mass is 16.2. The zero-order valence-corrected chi connectivity index (χ0v) is 13.3. The van der Waals surface area contributed by atoms with Crippen molar-refractivity contribution in [3.05, 3.63) is 17.6 Å². The Morgan fingerprint density at radius 1 is 1.09 bits per heavy atom. The first-order valence-electron chi connectivity index (χ1n) is 8.62. The van der Waals surface area contributed by atoms with Crippen LogP contribution >= 0.6 is 0 Å². The molecule has 0 aromatic carbocycles. The molecular weight excluding hydrogens is 276 g/mol. The molecule has 3 aliphatic rings. The van der Waals surface area contributed by atoms with Crippen LogP contribution in [0, 0.1) is 0 Å². The number of anilines is 1. The molecule has 0 spiro atoms. The predicted octanol–water partition coefficient (Wildman–Crippen LogP) is 1.95. The summed E-state index contributed by atoms with van der Waals surface area (Å²) in [6.45, 7) is 3.70. The summed E-state index contributed by atoms with van der Waals surface area (Å²) in [5.41, 5.74) is 2.60. The SMILES string of the molecule is CC(=O)N1CCC[C@H]1[C@H]1CCCN1c1ncnc2c1CCC2. The van der Waals surface area contributed by atoms with Crippen LogP contribution in [0.1, 0.15) is 50.3 Å². The number of nitrogens with zero attached hydrogens (tertiary/aromatic N) is 4. The standard InChI is InChI=1S/C17H24N4O/c1-12(22)20-9-3-7-15(20)16-8-4-10-21(16)17-13-5-2-6-14(13)18-11-19-17/h11,15-16H,2-10H2,1H3/t15-,16+/m0/s1. The lowest BCUT2D eigenvalue weighted by molar-refractivity contribution is -0.129. The summed E-state index contributed by atoms with van der Waals surface area (Å²) in [6.07, 6.45) is 9.76.